The van der Waals surface area contributed by atoms with Crippen molar-refractivity contribution in [3.8, 4) is 0 Å². The zero-order valence-corrected chi connectivity index (χ0v) is 11.2. The Balaban J connectivity index is 1.73. The standard InChI is InChI=1S/C12H15ClN2OS/c13-8-5-12(16)15(6-8)7-11-14-9-3-1-2-4-10(9)17-11/h8H,1-7H2. The van der Waals surface area contributed by atoms with Gasteiger partial charge in [0.05, 0.1) is 17.6 Å². The normalized spacial score (nSPS) is 24.2. The van der Waals surface area contributed by atoms with Gasteiger partial charge in [0, 0.05) is 17.8 Å². The number of hydrogen-bond acceptors (Lipinski definition) is 3. The number of carbonyl (C=O) groups is 1. The van der Waals surface area contributed by atoms with E-state index in [2.05, 4.69) is 4.98 Å². The number of likely N-dealkylation sites (tertiary alicyclic amines) is 1. The van der Waals surface area contributed by atoms with Crippen LogP contribution in [-0.4, -0.2) is 27.7 Å². The van der Waals surface area contributed by atoms with Crippen LogP contribution in [-0.2, 0) is 24.2 Å². The number of rotatable bonds is 2. The molecule has 1 aromatic rings. The summed E-state index contributed by atoms with van der Waals surface area (Å²) in [5.74, 6) is 0.165. The van der Waals surface area contributed by atoms with Crippen LogP contribution in [0.1, 0.15) is 34.8 Å². The number of aryl methyl sites for hydroxylation is 2. The third kappa shape index (κ3) is 2.33. The fourth-order valence-corrected chi connectivity index (χ4v) is 3.98. The van der Waals surface area contributed by atoms with Gasteiger partial charge in [-0.05, 0) is 25.7 Å². The lowest BCUT2D eigenvalue weighted by Crippen LogP contribution is -2.24. The smallest absolute Gasteiger partial charge is 0.224 e. The highest BCUT2D eigenvalue weighted by atomic mass is 35.5. The van der Waals surface area contributed by atoms with E-state index in [1.165, 1.54) is 29.8 Å². The van der Waals surface area contributed by atoms with E-state index in [4.69, 9.17) is 11.6 Å². The molecule has 1 aromatic heterocycles. The van der Waals surface area contributed by atoms with Crippen LogP contribution in [0.15, 0.2) is 0 Å². The number of thiazole rings is 1. The Kier molecular flexibility index (Phi) is 3.09. The fraction of sp³-hybridized carbons (Fsp3) is 0.667. The highest BCUT2D eigenvalue weighted by molar-refractivity contribution is 7.11. The Hall–Kier alpha value is -0.610. The lowest BCUT2D eigenvalue weighted by molar-refractivity contribution is -0.128. The van der Waals surface area contributed by atoms with Crippen LogP contribution in [0.2, 0.25) is 0 Å². The maximum Gasteiger partial charge on any atom is 0.224 e. The molecule has 2 aliphatic rings. The molecule has 0 bridgehead atoms. The van der Waals surface area contributed by atoms with Gasteiger partial charge in [0.15, 0.2) is 0 Å². The second kappa shape index (κ2) is 4.58. The number of aromatic nitrogens is 1. The number of amides is 1. The molecule has 1 aliphatic carbocycles. The lowest BCUT2D eigenvalue weighted by Gasteiger charge is -2.13. The summed E-state index contributed by atoms with van der Waals surface area (Å²) in [5.41, 5.74) is 1.27. The van der Waals surface area contributed by atoms with Crippen LogP contribution < -0.4 is 0 Å². The van der Waals surface area contributed by atoms with Crippen molar-refractivity contribution in [3.63, 3.8) is 0 Å². The third-order valence-corrected chi connectivity index (χ3v) is 4.82. The quantitative estimate of drug-likeness (QED) is 0.773. The molecular formula is C12H15ClN2OS. The summed E-state index contributed by atoms with van der Waals surface area (Å²) in [6.07, 6.45) is 5.28. The van der Waals surface area contributed by atoms with E-state index < -0.39 is 0 Å². The average Bonchev–Trinajstić information content (AvgIpc) is 2.82. The molecule has 1 amide bonds. The van der Waals surface area contributed by atoms with Crippen molar-refractivity contribution < 1.29 is 4.79 Å². The van der Waals surface area contributed by atoms with Crippen LogP contribution in [0.5, 0.6) is 0 Å². The van der Waals surface area contributed by atoms with E-state index in [0.29, 0.717) is 19.5 Å². The predicted molar refractivity (Wildman–Crippen MR) is 68.4 cm³/mol. The van der Waals surface area contributed by atoms with Gasteiger partial charge < -0.3 is 4.90 Å². The maximum atomic E-state index is 11.7. The zero-order valence-electron chi connectivity index (χ0n) is 9.62. The highest BCUT2D eigenvalue weighted by Crippen LogP contribution is 2.28. The number of alkyl halides is 1. The number of carbonyl (C=O) groups excluding carboxylic acids is 1. The molecule has 0 saturated carbocycles. The fourth-order valence-electron chi connectivity index (χ4n) is 2.51. The van der Waals surface area contributed by atoms with Gasteiger partial charge in [-0.2, -0.15) is 0 Å². The molecule has 3 rings (SSSR count). The zero-order chi connectivity index (χ0) is 11.8. The number of fused-ring (bicyclic) bond motifs is 1. The second-order valence-corrected chi connectivity index (χ2v) is 6.55. The summed E-state index contributed by atoms with van der Waals surface area (Å²) in [4.78, 5) is 19.6. The minimum Gasteiger partial charge on any atom is -0.334 e. The molecule has 0 aromatic carbocycles. The van der Waals surface area contributed by atoms with Gasteiger partial charge in [0.25, 0.3) is 0 Å². The number of hydrogen-bond donors (Lipinski definition) is 0. The summed E-state index contributed by atoms with van der Waals surface area (Å²) in [6.45, 7) is 1.32. The minimum absolute atomic E-state index is 0.0166. The minimum atomic E-state index is -0.0166. The molecule has 2 heterocycles. The van der Waals surface area contributed by atoms with Gasteiger partial charge in [-0.25, -0.2) is 4.98 Å². The lowest BCUT2D eigenvalue weighted by atomic mass is 10.0. The largest absolute Gasteiger partial charge is 0.334 e. The van der Waals surface area contributed by atoms with Crippen molar-refractivity contribution >= 4 is 28.8 Å². The van der Waals surface area contributed by atoms with Gasteiger partial charge in [0.1, 0.15) is 5.01 Å². The van der Waals surface area contributed by atoms with Crippen molar-refractivity contribution in [2.24, 2.45) is 0 Å². The second-order valence-electron chi connectivity index (χ2n) is 4.76. The molecule has 5 heteroatoms. The van der Waals surface area contributed by atoms with E-state index in [9.17, 15) is 4.79 Å². The van der Waals surface area contributed by atoms with E-state index in [-0.39, 0.29) is 11.3 Å². The molecular weight excluding hydrogens is 256 g/mol. The van der Waals surface area contributed by atoms with E-state index in [1.54, 1.807) is 11.3 Å². The van der Waals surface area contributed by atoms with Crippen molar-refractivity contribution in [2.45, 2.75) is 44.0 Å². The van der Waals surface area contributed by atoms with Crippen LogP contribution in [0.3, 0.4) is 0 Å². The van der Waals surface area contributed by atoms with Crippen molar-refractivity contribution in [2.75, 3.05) is 6.54 Å². The van der Waals surface area contributed by atoms with Crippen LogP contribution in [0, 0.1) is 0 Å². The molecule has 17 heavy (non-hydrogen) atoms. The van der Waals surface area contributed by atoms with Gasteiger partial charge in [-0.15, -0.1) is 22.9 Å². The average molecular weight is 271 g/mol. The SMILES string of the molecule is O=C1CC(Cl)CN1Cc1nc2c(s1)CCCC2. The molecule has 1 fully saturated rings. The van der Waals surface area contributed by atoms with Crippen LogP contribution in [0.25, 0.3) is 0 Å². The third-order valence-electron chi connectivity index (χ3n) is 3.38. The molecule has 1 unspecified atom stereocenters. The Morgan fingerprint density at radius 2 is 2.24 bits per heavy atom. The molecule has 92 valence electrons. The van der Waals surface area contributed by atoms with E-state index >= 15 is 0 Å². The Morgan fingerprint density at radius 3 is 2.94 bits per heavy atom. The van der Waals surface area contributed by atoms with Gasteiger partial charge in [0.2, 0.25) is 5.91 Å². The maximum absolute atomic E-state index is 11.7. The molecule has 3 nitrogen and oxygen atoms in total. The predicted octanol–water partition coefficient (Wildman–Crippen LogP) is 2.36. The van der Waals surface area contributed by atoms with Crippen LogP contribution in [0.4, 0.5) is 0 Å². The first-order valence-corrected chi connectivity index (χ1v) is 7.37. The molecule has 1 atom stereocenters. The summed E-state index contributed by atoms with van der Waals surface area (Å²) < 4.78 is 0. The van der Waals surface area contributed by atoms with Crippen molar-refractivity contribution in [3.05, 3.63) is 15.6 Å². The van der Waals surface area contributed by atoms with Gasteiger partial charge >= 0.3 is 0 Å². The number of nitrogens with zero attached hydrogens (tertiary/aromatic N) is 2. The Labute approximate surface area is 110 Å². The Bertz CT molecular complexity index is 422. The summed E-state index contributed by atoms with van der Waals surface area (Å²) in [5, 5.41) is 1.06. The van der Waals surface area contributed by atoms with Crippen molar-refractivity contribution in [1.82, 2.24) is 9.88 Å². The van der Waals surface area contributed by atoms with Gasteiger partial charge in [-0.1, -0.05) is 0 Å². The van der Waals surface area contributed by atoms with E-state index in [1.807, 2.05) is 4.90 Å². The number of halogens is 1. The Morgan fingerprint density at radius 1 is 1.41 bits per heavy atom. The highest BCUT2D eigenvalue weighted by Gasteiger charge is 2.29. The topological polar surface area (TPSA) is 33.2 Å². The summed E-state index contributed by atoms with van der Waals surface area (Å²) in [6, 6.07) is 0. The summed E-state index contributed by atoms with van der Waals surface area (Å²) >= 11 is 7.77. The molecule has 0 radical (unpaired) electrons. The van der Waals surface area contributed by atoms with E-state index in [0.717, 1.165) is 11.4 Å². The van der Waals surface area contributed by atoms with Crippen molar-refractivity contribution in [1.29, 1.82) is 0 Å². The monoisotopic (exact) mass is 270 g/mol. The molecule has 0 spiro atoms. The van der Waals surface area contributed by atoms with Crippen LogP contribution >= 0.6 is 22.9 Å². The molecule has 1 saturated heterocycles. The first-order valence-electron chi connectivity index (χ1n) is 6.11. The molecule has 0 N–H and O–H groups in total. The summed E-state index contributed by atoms with van der Waals surface area (Å²) in [7, 11) is 0. The first-order chi connectivity index (χ1) is 8.22. The first kappa shape index (κ1) is 11.5. The molecule has 1 aliphatic heterocycles. The van der Waals surface area contributed by atoms with Gasteiger partial charge in [-0.3, -0.25) is 4.79 Å².